The molecule has 0 fully saturated rings. The summed E-state index contributed by atoms with van der Waals surface area (Å²) in [5.41, 5.74) is 4.54. The molecule has 0 radical (unpaired) electrons. The highest BCUT2D eigenvalue weighted by Gasteiger charge is 2.15. The fraction of sp³-hybridized carbons (Fsp3) is 0.304. The van der Waals surface area contributed by atoms with Crippen molar-refractivity contribution in [2.24, 2.45) is 0 Å². The smallest absolute Gasteiger partial charge is 0.267 e. The minimum Gasteiger partial charge on any atom is -0.395 e. The average molecular weight is 432 g/mol. The van der Waals surface area contributed by atoms with Gasteiger partial charge in [0, 0.05) is 40.3 Å². The van der Waals surface area contributed by atoms with E-state index in [1.165, 1.54) is 0 Å². The number of carbonyl (C=O) groups is 1. The van der Waals surface area contributed by atoms with E-state index in [9.17, 15) is 9.90 Å². The Balaban J connectivity index is 0.000000418. The molecule has 0 spiro atoms. The number of aryl methyl sites for hydroxylation is 2. The van der Waals surface area contributed by atoms with Gasteiger partial charge in [0.05, 0.1) is 13.2 Å². The van der Waals surface area contributed by atoms with Crippen LogP contribution in [-0.2, 0) is 6.61 Å². The fourth-order valence-electron chi connectivity index (χ4n) is 2.60. The van der Waals surface area contributed by atoms with E-state index in [1.54, 1.807) is 12.3 Å². The maximum Gasteiger partial charge on any atom is 0.267 e. The third kappa shape index (κ3) is 7.63. The summed E-state index contributed by atoms with van der Waals surface area (Å²) in [4.78, 5) is 19.1. The molecule has 30 heavy (non-hydrogen) atoms. The molecule has 6 nitrogen and oxygen atoms in total. The zero-order chi connectivity index (χ0) is 22.5. The molecule has 4 N–H and O–H groups in total. The van der Waals surface area contributed by atoms with E-state index in [0.717, 1.165) is 27.5 Å². The number of benzene rings is 1. The molecule has 2 aromatic heterocycles. The summed E-state index contributed by atoms with van der Waals surface area (Å²) in [6.45, 7) is 7.74. The van der Waals surface area contributed by atoms with E-state index < -0.39 is 0 Å². The number of H-pyrrole nitrogens is 1. The lowest BCUT2D eigenvalue weighted by molar-refractivity contribution is 0.0940. The molecule has 162 valence electrons. The van der Waals surface area contributed by atoms with Crippen molar-refractivity contribution in [3.05, 3.63) is 76.3 Å². The van der Waals surface area contributed by atoms with Crippen LogP contribution in [0.25, 0.3) is 11.1 Å². The molecule has 0 aliphatic heterocycles. The molecule has 0 aliphatic rings. The van der Waals surface area contributed by atoms with E-state index in [4.69, 9.17) is 16.7 Å². The number of nitrogens with zero attached hydrogens (tertiary/aromatic N) is 1. The first-order valence-corrected chi connectivity index (χ1v) is 10.2. The molecule has 1 aromatic carbocycles. The van der Waals surface area contributed by atoms with Gasteiger partial charge in [0.2, 0.25) is 0 Å². The number of aliphatic hydroxyl groups excluding tert-OH is 2. The van der Waals surface area contributed by atoms with Crippen molar-refractivity contribution in [1.29, 1.82) is 0 Å². The molecule has 0 bridgehead atoms. The van der Waals surface area contributed by atoms with Crippen LogP contribution in [0.3, 0.4) is 0 Å². The Morgan fingerprint density at radius 3 is 2.30 bits per heavy atom. The molecule has 3 aromatic rings. The Morgan fingerprint density at radius 1 is 1.10 bits per heavy atom. The van der Waals surface area contributed by atoms with Crippen molar-refractivity contribution >= 4 is 17.5 Å². The summed E-state index contributed by atoms with van der Waals surface area (Å²) < 4.78 is 0. The average Bonchev–Trinajstić information content (AvgIpc) is 3.16. The second-order valence-electron chi connectivity index (χ2n) is 6.14. The fourth-order valence-corrected chi connectivity index (χ4v) is 2.75. The van der Waals surface area contributed by atoms with Crippen molar-refractivity contribution in [3.8, 4) is 11.1 Å². The topological polar surface area (TPSA) is 98.2 Å². The van der Waals surface area contributed by atoms with Gasteiger partial charge in [0.1, 0.15) is 5.69 Å². The van der Waals surface area contributed by atoms with E-state index in [2.05, 4.69) is 15.3 Å². The van der Waals surface area contributed by atoms with Crippen molar-refractivity contribution in [3.63, 3.8) is 0 Å². The first-order valence-electron chi connectivity index (χ1n) is 9.82. The summed E-state index contributed by atoms with van der Waals surface area (Å²) in [7, 11) is 0. The summed E-state index contributed by atoms with van der Waals surface area (Å²) in [5, 5.41) is 21.6. The van der Waals surface area contributed by atoms with Crippen LogP contribution >= 0.6 is 11.6 Å². The number of carbonyl (C=O) groups excluding carboxylic acids is 1. The number of aromatic nitrogens is 2. The highest BCUT2D eigenvalue weighted by Crippen LogP contribution is 2.28. The summed E-state index contributed by atoms with van der Waals surface area (Å²) >= 11 is 5.54. The van der Waals surface area contributed by atoms with Gasteiger partial charge in [-0.3, -0.25) is 9.78 Å². The van der Waals surface area contributed by atoms with Crippen LogP contribution in [0.2, 0.25) is 5.02 Å². The number of nitrogens with one attached hydrogen (secondary N) is 2. The lowest BCUT2D eigenvalue weighted by Crippen LogP contribution is -2.26. The van der Waals surface area contributed by atoms with Crippen molar-refractivity contribution < 1.29 is 15.0 Å². The number of aliphatic hydroxyl groups is 2. The zero-order valence-electron chi connectivity index (χ0n) is 17.9. The third-order valence-corrected chi connectivity index (χ3v) is 4.23. The van der Waals surface area contributed by atoms with Crippen LogP contribution in [0.15, 0.2) is 48.7 Å². The highest BCUT2D eigenvalue weighted by atomic mass is 35.5. The minimum absolute atomic E-state index is 0.101. The van der Waals surface area contributed by atoms with Crippen LogP contribution in [0.5, 0.6) is 0 Å². The number of hydrogen-bond acceptors (Lipinski definition) is 4. The standard InChI is InChI=1S/C15H19N3O3.C6H5Cl.C2H6/c1-9-5-13(11(8-20)7-17-9)12-6-14(18-10(12)2)15(21)16-3-4-19;7-6-4-2-1-3-5-6;1-2/h5-7,18-20H,3-4,8H2,1-2H3,(H,16,21);1-5H;1-2H3. The Kier molecular flexibility index (Phi) is 11.4. The number of rotatable bonds is 5. The molecule has 0 saturated carbocycles. The molecule has 1 amide bonds. The quantitative estimate of drug-likeness (QED) is 0.484. The Labute approximate surface area is 183 Å². The Hall–Kier alpha value is -2.67. The van der Waals surface area contributed by atoms with Gasteiger partial charge < -0.3 is 20.5 Å². The SMILES string of the molecule is CC.Cc1cc(-c2cc(C(=O)NCCO)[nH]c2C)c(CO)cn1.Clc1ccccc1. The number of halogens is 1. The summed E-state index contributed by atoms with van der Waals surface area (Å²) in [5.74, 6) is -0.269. The Morgan fingerprint density at radius 2 is 1.77 bits per heavy atom. The molecule has 0 saturated heterocycles. The van der Waals surface area contributed by atoms with E-state index in [1.807, 2.05) is 64.1 Å². The van der Waals surface area contributed by atoms with E-state index >= 15 is 0 Å². The van der Waals surface area contributed by atoms with Gasteiger partial charge in [-0.15, -0.1) is 0 Å². The molecule has 0 unspecified atom stereocenters. The molecular weight excluding hydrogens is 402 g/mol. The summed E-state index contributed by atoms with van der Waals surface area (Å²) in [6.07, 6.45) is 1.64. The maximum atomic E-state index is 11.9. The first-order chi connectivity index (χ1) is 14.5. The molecule has 0 atom stereocenters. The lowest BCUT2D eigenvalue weighted by Gasteiger charge is -2.07. The maximum absolute atomic E-state index is 11.9. The van der Waals surface area contributed by atoms with Gasteiger partial charge in [0.15, 0.2) is 0 Å². The number of hydrogen-bond donors (Lipinski definition) is 4. The first kappa shape index (κ1) is 25.4. The highest BCUT2D eigenvalue weighted by molar-refractivity contribution is 6.30. The number of aromatic amines is 1. The van der Waals surface area contributed by atoms with Crippen LogP contribution in [0.4, 0.5) is 0 Å². The van der Waals surface area contributed by atoms with Gasteiger partial charge in [-0.25, -0.2) is 0 Å². The van der Waals surface area contributed by atoms with Gasteiger partial charge in [-0.2, -0.15) is 0 Å². The third-order valence-electron chi connectivity index (χ3n) is 3.97. The minimum atomic E-state index is -0.269. The summed E-state index contributed by atoms with van der Waals surface area (Å²) in [6, 6.07) is 13.1. The normalized spacial score (nSPS) is 9.70. The predicted molar refractivity (Wildman–Crippen MR) is 122 cm³/mol. The van der Waals surface area contributed by atoms with Crippen LogP contribution in [-0.4, -0.2) is 39.2 Å². The molecule has 7 heteroatoms. The van der Waals surface area contributed by atoms with E-state index in [0.29, 0.717) is 11.3 Å². The van der Waals surface area contributed by atoms with E-state index in [-0.39, 0.29) is 25.7 Å². The Bertz CT molecular complexity index is 911. The second-order valence-corrected chi connectivity index (χ2v) is 6.57. The molecule has 0 aliphatic carbocycles. The van der Waals surface area contributed by atoms with Gasteiger partial charge in [-0.1, -0.05) is 43.6 Å². The second kappa shape index (κ2) is 13.5. The van der Waals surface area contributed by atoms with Crippen molar-refractivity contribution in [2.75, 3.05) is 13.2 Å². The lowest BCUT2D eigenvalue weighted by atomic mass is 10.0. The monoisotopic (exact) mass is 431 g/mol. The van der Waals surface area contributed by atoms with Crippen LogP contribution in [0, 0.1) is 13.8 Å². The van der Waals surface area contributed by atoms with Gasteiger partial charge >= 0.3 is 0 Å². The molecular formula is C23H30ClN3O3. The van der Waals surface area contributed by atoms with Crippen LogP contribution < -0.4 is 5.32 Å². The largest absolute Gasteiger partial charge is 0.395 e. The van der Waals surface area contributed by atoms with Gasteiger partial charge in [0.25, 0.3) is 5.91 Å². The van der Waals surface area contributed by atoms with Crippen molar-refractivity contribution in [1.82, 2.24) is 15.3 Å². The molecule has 2 heterocycles. The van der Waals surface area contributed by atoms with Crippen LogP contribution in [0.1, 0.15) is 41.3 Å². The number of pyridine rings is 1. The molecule has 3 rings (SSSR count). The van der Waals surface area contributed by atoms with Crippen molar-refractivity contribution in [2.45, 2.75) is 34.3 Å². The predicted octanol–water partition coefficient (Wildman–Crippen LogP) is 4.27. The zero-order valence-corrected chi connectivity index (χ0v) is 18.6. The van der Waals surface area contributed by atoms with Gasteiger partial charge in [-0.05, 0) is 43.7 Å². The number of amides is 1.